The average Bonchev–Trinajstić information content (AvgIpc) is 3.13. The zero-order valence-electron chi connectivity index (χ0n) is 12.1. The zero-order chi connectivity index (χ0) is 16.6. The molecule has 120 valence electrons. The third kappa shape index (κ3) is 3.13. The lowest BCUT2D eigenvalue weighted by molar-refractivity contribution is 0.0902. The van der Waals surface area contributed by atoms with E-state index < -0.39 is 27.1 Å². The Morgan fingerprint density at radius 2 is 1.91 bits per heavy atom. The highest BCUT2D eigenvalue weighted by Crippen LogP contribution is 2.24. The second-order valence-corrected chi connectivity index (χ2v) is 6.54. The molecule has 3 N–H and O–H groups in total. The molecule has 1 amide bonds. The van der Waals surface area contributed by atoms with Crippen molar-refractivity contribution in [3.8, 4) is 0 Å². The molecule has 3 aromatic rings. The number of para-hydroxylation sites is 1. The Labute approximate surface area is 132 Å². The van der Waals surface area contributed by atoms with Gasteiger partial charge in [-0.05, 0) is 31.2 Å². The third-order valence-corrected chi connectivity index (χ3v) is 4.08. The van der Waals surface area contributed by atoms with Crippen molar-refractivity contribution in [1.82, 2.24) is 5.32 Å². The Bertz CT molecular complexity index is 938. The first kappa shape index (κ1) is 15.3. The molecule has 0 fully saturated rings. The number of hydrogen-bond donors (Lipinski definition) is 2. The van der Waals surface area contributed by atoms with Crippen molar-refractivity contribution in [3.05, 3.63) is 54.0 Å². The lowest BCUT2D eigenvalue weighted by Gasteiger charge is -2.09. The topological polar surface area (TPSA) is 116 Å². The normalized spacial score (nSPS) is 13.1. The molecule has 2 aromatic heterocycles. The van der Waals surface area contributed by atoms with Gasteiger partial charge in [0.05, 0.1) is 6.04 Å². The summed E-state index contributed by atoms with van der Waals surface area (Å²) in [7, 11) is -3.98. The van der Waals surface area contributed by atoms with Gasteiger partial charge in [0.25, 0.3) is 15.9 Å². The second-order valence-electron chi connectivity index (χ2n) is 5.05. The Morgan fingerprint density at radius 3 is 2.57 bits per heavy atom. The minimum absolute atomic E-state index is 0.142. The van der Waals surface area contributed by atoms with Gasteiger partial charge in [0.2, 0.25) is 5.09 Å². The van der Waals surface area contributed by atoms with Crippen molar-refractivity contribution < 1.29 is 22.0 Å². The molecular weight excluding hydrogens is 320 g/mol. The fraction of sp³-hybridized carbons (Fsp3) is 0.133. The summed E-state index contributed by atoms with van der Waals surface area (Å²) in [5.74, 6) is -0.123. The molecule has 2 heterocycles. The minimum Gasteiger partial charge on any atom is -0.459 e. The molecule has 1 aromatic carbocycles. The van der Waals surface area contributed by atoms with Gasteiger partial charge in [-0.2, -0.15) is 0 Å². The van der Waals surface area contributed by atoms with Crippen molar-refractivity contribution in [2.24, 2.45) is 5.14 Å². The molecule has 0 saturated heterocycles. The van der Waals surface area contributed by atoms with E-state index in [2.05, 4.69) is 5.32 Å². The van der Waals surface area contributed by atoms with Crippen LogP contribution in [0.3, 0.4) is 0 Å². The second kappa shape index (κ2) is 5.56. The van der Waals surface area contributed by atoms with Gasteiger partial charge in [-0.1, -0.05) is 18.2 Å². The van der Waals surface area contributed by atoms with Gasteiger partial charge in [-0.3, -0.25) is 4.79 Å². The van der Waals surface area contributed by atoms with Crippen molar-refractivity contribution in [3.63, 3.8) is 0 Å². The van der Waals surface area contributed by atoms with E-state index in [0.29, 0.717) is 5.76 Å². The van der Waals surface area contributed by atoms with Crippen molar-refractivity contribution in [1.29, 1.82) is 0 Å². The summed E-state index contributed by atoms with van der Waals surface area (Å²) in [6.07, 6.45) is 0. The number of carbonyl (C=O) groups excluding carboxylic acids is 1. The van der Waals surface area contributed by atoms with E-state index in [0.717, 1.165) is 17.0 Å². The first-order valence-electron chi connectivity index (χ1n) is 6.76. The molecule has 0 aliphatic rings. The van der Waals surface area contributed by atoms with E-state index in [9.17, 15) is 13.2 Å². The average molecular weight is 334 g/mol. The zero-order valence-corrected chi connectivity index (χ0v) is 13.0. The van der Waals surface area contributed by atoms with Crippen LogP contribution in [0.4, 0.5) is 0 Å². The number of nitrogens with two attached hydrogens (primary N) is 1. The molecule has 1 atom stereocenters. The lowest BCUT2D eigenvalue weighted by Crippen LogP contribution is -2.26. The van der Waals surface area contributed by atoms with Crippen LogP contribution in [0.15, 0.2) is 56.4 Å². The highest BCUT2D eigenvalue weighted by atomic mass is 32.2. The monoisotopic (exact) mass is 334 g/mol. The Morgan fingerprint density at radius 1 is 1.17 bits per heavy atom. The third-order valence-electron chi connectivity index (χ3n) is 3.30. The first-order chi connectivity index (χ1) is 10.8. The summed E-state index contributed by atoms with van der Waals surface area (Å²) in [4.78, 5) is 12.1. The summed E-state index contributed by atoms with van der Waals surface area (Å²) < 4.78 is 32.9. The molecule has 8 heteroatoms. The quantitative estimate of drug-likeness (QED) is 0.758. The van der Waals surface area contributed by atoms with Crippen LogP contribution in [-0.2, 0) is 10.0 Å². The van der Waals surface area contributed by atoms with Crippen LogP contribution in [-0.4, -0.2) is 14.3 Å². The minimum atomic E-state index is -3.98. The first-order valence-corrected chi connectivity index (χ1v) is 8.31. The van der Waals surface area contributed by atoms with E-state index in [1.807, 2.05) is 30.3 Å². The van der Waals surface area contributed by atoms with Crippen molar-refractivity contribution >= 4 is 26.9 Å². The predicted octanol–water partition coefficient (Wildman–Crippen LogP) is 2.16. The summed E-state index contributed by atoms with van der Waals surface area (Å²) in [5, 5.41) is 8.08. The van der Waals surface area contributed by atoms with Gasteiger partial charge in [0.15, 0.2) is 5.76 Å². The van der Waals surface area contributed by atoms with Crippen LogP contribution >= 0.6 is 0 Å². The predicted molar refractivity (Wildman–Crippen MR) is 82.2 cm³/mol. The van der Waals surface area contributed by atoms with E-state index in [4.69, 9.17) is 14.0 Å². The molecule has 1 unspecified atom stereocenters. The molecule has 7 nitrogen and oxygen atoms in total. The maximum absolute atomic E-state index is 12.1. The Hall–Kier alpha value is -2.58. The number of amides is 1. The van der Waals surface area contributed by atoms with Crippen molar-refractivity contribution in [2.45, 2.75) is 18.1 Å². The molecule has 0 aliphatic heterocycles. The van der Waals surface area contributed by atoms with Crippen LogP contribution in [0, 0.1) is 0 Å². The fourth-order valence-corrected chi connectivity index (χ4v) is 2.61. The van der Waals surface area contributed by atoms with E-state index in [-0.39, 0.29) is 5.76 Å². The standard InChI is InChI=1S/C15H14N2O5S/c1-9(13-8-10-4-2-3-5-11(10)21-13)17-15(18)12-6-7-14(22-12)23(16,19)20/h2-9H,1H3,(H,17,18)(H2,16,19,20). The van der Waals surface area contributed by atoms with Crippen LogP contribution in [0.2, 0.25) is 0 Å². The van der Waals surface area contributed by atoms with Gasteiger partial charge in [0.1, 0.15) is 11.3 Å². The van der Waals surface area contributed by atoms with Gasteiger partial charge in [0, 0.05) is 5.39 Å². The van der Waals surface area contributed by atoms with E-state index in [1.54, 1.807) is 6.92 Å². The van der Waals surface area contributed by atoms with Gasteiger partial charge in [-0.15, -0.1) is 0 Å². The smallest absolute Gasteiger partial charge is 0.287 e. The van der Waals surface area contributed by atoms with Crippen LogP contribution in [0.5, 0.6) is 0 Å². The number of benzene rings is 1. The molecule has 0 bridgehead atoms. The molecule has 3 rings (SSSR count). The fourth-order valence-electron chi connectivity index (χ4n) is 2.15. The number of rotatable bonds is 4. The molecule has 23 heavy (non-hydrogen) atoms. The summed E-state index contributed by atoms with van der Waals surface area (Å²) in [5.41, 5.74) is 0.720. The molecule has 0 aliphatic carbocycles. The number of fused-ring (bicyclic) bond motifs is 1. The Balaban J connectivity index is 1.78. The molecular formula is C15H14N2O5S. The van der Waals surface area contributed by atoms with E-state index in [1.165, 1.54) is 6.07 Å². The molecule has 0 radical (unpaired) electrons. The maximum Gasteiger partial charge on any atom is 0.287 e. The number of primary sulfonamides is 1. The molecule has 0 saturated carbocycles. The van der Waals surface area contributed by atoms with Gasteiger partial charge < -0.3 is 14.2 Å². The summed E-state index contributed by atoms with van der Waals surface area (Å²) in [6, 6.07) is 11.3. The number of sulfonamides is 1. The van der Waals surface area contributed by atoms with Crippen LogP contribution in [0.1, 0.15) is 29.3 Å². The lowest BCUT2D eigenvalue weighted by atomic mass is 10.2. The maximum atomic E-state index is 12.1. The highest BCUT2D eigenvalue weighted by molar-refractivity contribution is 7.89. The van der Waals surface area contributed by atoms with Gasteiger partial charge >= 0.3 is 0 Å². The van der Waals surface area contributed by atoms with E-state index >= 15 is 0 Å². The largest absolute Gasteiger partial charge is 0.459 e. The van der Waals surface area contributed by atoms with Crippen LogP contribution < -0.4 is 10.5 Å². The summed E-state index contributed by atoms with van der Waals surface area (Å²) in [6.45, 7) is 1.75. The summed E-state index contributed by atoms with van der Waals surface area (Å²) >= 11 is 0. The van der Waals surface area contributed by atoms with Crippen LogP contribution in [0.25, 0.3) is 11.0 Å². The number of furan rings is 2. The number of hydrogen-bond acceptors (Lipinski definition) is 5. The highest BCUT2D eigenvalue weighted by Gasteiger charge is 2.20. The number of nitrogens with one attached hydrogen (secondary N) is 1. The number of carbonyl (C=O) groups is 1. The van der Waals surface area contributed by atoms with Gasteiger partial charge in [-0.25, -0.2) is 13.6 Å². The SMILES string of the molecule is CC(NC(=O)c1ccc(S(N)(=O)=O)o1)c1cc2ccccc2o1. The Kier molecular flexibility index (Phi) is 3.70. The molecule has 0 spiro atoms. The van der Waals surface area contributed by atoms with Crippen molar-refractivity contribution in [2.75, 3.05) is 0 Å².